The zero-order valence-electron chi connectivity index (χ0n) is 15.6. The largest absolute Gasteiger partial charge is 0.435 e. The summed E-state index contributed by atoms with van der Waals surface area (Å²) in [4.78, 5) is 10.8. The van der Waals surface area contributed by atoms with Crippen molar-refractivity contribution in [2.45, 2.75) is 6.18 Å². The minimum absolute atomic E-state index is 0.0382. The molecule has 154 valence electrons. The highest BCUT2D eigenvalue weighted by Crippen LogP contribution is 2.39. The van der Waals surface area contributed by atoms with Gasteiger partial charge in [-0.2, -0.15) is 13.2 Å². The van der Waals surface area contributed by atoms with E-state index in [0.29, 0.717) is 5.39 Å². The monoisotopic (exact) mass is 441 g/mol. The number of alkyl halides is 3. The summed E-state index contributed by atoms with van der Waals surface area (Å²) in [7, 11) is 0. The molecule has 3 aromatic carbocycles. The maximum atomic E-state index is 14.4. The fourth-order valence-electron chi connectivity index (χ4n) is 3.60. The van der Waals surface area contributed by atoms with Gasteiger partial charge in [0.25, 0.3) is 0 Å². The van der Waals surface area contributed by atoms with Gasteiger partial charge in [-0.1, -0.05) is 54.1 Å². The highest BCUT2D eigenvalue weighted by atomic mass is 35.5. The predicted octanol–water partition coefficient (Wildman–Crippen LogP) is 7.26. The van der Waals surface area contributed by atoms with Gasteiger partial charge in [0.15, 0.2) is 5.69 Å². The summed E-state index contributed by atoms with van der Waals surface area (Å²) in [5, 5.41) is 0.453. The summed E-state index contributed by atoms with van der Waals surface area (Å²) in [6, 6.07) is 18.3. The van der Waals surface area contributed by atoms with E-state index in [1.807, 2.05) is 30.3 Å². The molecule has 0 spiro atoms. The summed E-state index contributed by atoms with van der Waals surface area (Å²) < 4.78 is 55.9. The number of imidazole rings is 1. The molecule has 0 amide bonds. The van der Waals surface area contributed by atoms with Crippen molar-refractivity contribution < 1.29 is 17.6 Å². The number of hydrogen-bond acceptors (Lipinski definition) is 2. The summed E-state index contributed by atoms with van der Waals surface area (Å²) in [6.45, 7) is 0. The Morgan fingerprint density at radius 3 is 2.32 bits per heavy atom. The number of hydrogen-bond donors (Lipinski definition) is 1. The van der Waals surface area contributed by atoms with Gasteiger partial charge >= 0.3 is 6.18 Å². The van der Waals surface area contributed by atoms with Crippen molar-refractivity contribution in [1.29, 1.82) is 0 Å². The SMILES string of the molecule is Fc1cccc(Cl)c1-c1nc2c([nH]1)c(C(F)(F)F)nc1cc(-c3ccccc3)ccc12. The van der Waals surface area contributed by atoms with Gasteiger partial charge in [-0.3, -0.25) is 0 Å². The molecule has 0 saturated heterocycles. The van der Waals surface area contributed by atoms with Crippen molar-refractivity contribution in [1.82, 2.24) is 15.0 Å². The lowest BCUT2D eigenvalue weighted by atomic mass is 10.0. The highest BCUT2D eigenvalue weighted by Gasteiger charge is 2.37. The number of fused-ring (bicyclic) bond motifs is 3. The topological polar surface area (TPSA) is 41.6 Å². The Morgan fingerprint density at radius 1 is 0.839 bits per heavy atom. The summed E-state index contributed by atoms with van der Waals surface area (Å²) in [5.74, 6) is -0.784. The number of aromatic nitrogens is 3. The van der Waals surface area contributed by atoms with Gasteiger partial charge in [-0.25, -0.2) is 14.4 Å². The van der Waals surface area contributed by atoms with Crippen molar-refractivity contribution in [2.75, 3.05) is 0 Å². The molecular weight excluding hydrogens is 430 g/mol. The van der Waals surface area contributed by atoms with Crippen molar-refractivity contribution in [2.24, 2.45) is 0 Å². The molecule has 3 nitrogen and oxygen atoms in total. The number of nitrogens with zero attached hydrogens (tertiary/aromatic N) is 2. The quantitative estimate of drug-likeness (QED) is 0.293. The minimum atomic E-state index is -4.74. The fraction of sp³-hybridized carbons (Fsp3) is 0.0435. The average molecular weight is 442 g/mol. The molecule has 0 aliphatic carbocycles. The normalized spacial score (nSPS) is 12.0. The van der Waals surface area contributed by atoms with Crippen LogP contribution in [0.15, 0.2) is 66.7 Å². The van der Waals surface area contributed by atoms with Gasteiger partial charge in [0.2, 0.25) is 0 Å². The molecule has 1 N–H and O–H groups in total. The first-order valence-corrected chi connectivity index (χ1v) is 9.61. The van der Waals surface area contributed by atoms with E-state index in [1.54, 1.807) is 18.2 Å². The predicted molar refractivity (Wildman–Crippen MR) is 112 cm³/mol. The van der Waals surface area contributed by atoms with E-state index in [-0.39, 0.29) is 33.0 Å². The molecule has 2 heterocycles. The molecule has 0 aliphatic rings. The number of nitrogens with one attached hydrogen (secondary N) is 1. The Labute approximate surface area is 178 Å². The van der Waals surface area contributed by atoms with Crippen molar-refractivity contribution >= 4 is 33.5 Å². The van der Waals surface area contributed by atoms with Crippen LogP contribution >= 0.6 is 11.6 Å². The zero-order chi connectivity index (χ0) is 21.8. The smallest absolute Gasteiger partial charge is 0.336 e. The minimum Gasteiger partial charge on any atom is -0.336 e. The van der Waals surface area contributed by atoms with Crippen LogP contribution in [0.3, 0.4) is 0 Å². The van der Waals surface area contributed by atoms with Gasteiger partial charge in [0.1, 0.15) is 17.2 Å². The van der Waals surface area contributed by atoms with Crippen molar-refractivity contribution in [3.63, 3.8) is 0 Å². The Hall–Kier alpha value is -3.45. The number of rotatable bonds is 2. The molecule has 0 aliphatic heterocycles. The van der Waals surface area contributed by atoms with E-state index in [4.69, 9.17) is 11.6 Å². The molecule has 5 rings (SSSR count). The number of benzene rings is 3. The van der Waals surface area contributed by atoms with Crippen LogP contribution < -0.4 is 0 Å². The molecular formula is C23H12ClF4N3. The first-order chi connectivity index (χ1) is 14.8. The Kier molecular flexibility index (Phi) is 4.44. The van der Waals surface area contributed by atoms with Crippen LogP contribution in [0.2, 0.25) is 5.02 Å². The first-order valence-electron chi connectivity index (χ1n) is 9.23. The molecule has 31 heavy (non-hydrogen) atoms. The molecule has 0 radical (unpaired) electrons. The van der Waals surface area contributed by atoms with E-state index in [2.05, 4.69) is 15.0 Å². The van der Waals surface area contributed by atoms with E-state index >= 15 is 0 Å². The van der Waals surface area contributed by atoms with Crippen LogP contribution in [0, 0.1) is 5.82 Å². The van der Waals surface area contributed by atoms with Gasteiger partial charge in [-0.15, -0.1) is 0 Å². The summed E-state index contributed by atoms with van der Waals surface area (Å²) >= 11 is 6.09. The van der Waals surface area contributed by atoms with Gasteiger partial charge in [0, 0.05) is 5.39 Å². The van der Waals surface area contributed by atoms with Gasteiger partial charge in [-0.05, 0) is 35.4 Å². The molecule has 0 atom stereocenters. The fourth-order valence-corrected chi connectivity index (χ4v) is 3.85. The highest BCUT2D eigenvalue weighted by molar-refractivity contribution is 6.33. The van der Waals surface area contributed by atoms with E-state index in [1.165, 1.54) is 18.2 Å². The lowest BCUT2D eigenvalue weighted by molar-refractivity contribution is -0.139. The molecule has 2 aromatic heterocycles. The third-order valence-electron chi connectivity index (χ3n) is 5.00. The second kappa shape index (κ2) is 7.06. The first kappa shape index (κ1) is 19.5. The van der Waals surface area contributed by atoms with Crippen LogP contribution in [0.1, 0.15) is 5.69 Å². The lowest BCUT2D eigenvalue weighted by Crippen LogP contribution is -2.09. The summed E-state index contributed by atoms with van der Waals surface area (Å²) in [5.41, 5.74) is 0.225. The Balaban J connectivity index is 1.82. The van der Waals surface area contributed by atoms with Crippen LogP contribution in [-0.2, 0) is 6.18 Å². The summed E-state index contributed by atoms with van der Waals surface area (Å²) in [6.07, 6.45) is -4.74. The van der Waals surface area contributed by atoms with E-state index < -0.39 is 17.7 Å². The Morgan fingerprint density at radius 2 is 1.61 bits per heavy atom. The molecule has 5 aromatic rings. The average Bonchev–Trinajstić information content (AvgIpc) is 3.17. The molecule has 0 saturated carbocycles. The lowest BCUT2D eigenvalue weighted by Gasteiger charge is -2.10. The number of H-pyrrole nitrogens is 1. The zero-order valence-corrected chi connectivity index (χ0v) is 16.4. The van der Waals surface area contributed by atoms with E-state index in [9.17, 15) is 17.6 Å². The van der Waals surface area contributed by atoms with Crippen LogP contribution in [0.5, 0.6) is 0 Å². The van der Waals surface area contributed by atoms with Crippen LogP contribution in [0.4, 0.5) is 17.6 Å². The third-order valence-corrected chi connectivity index (χ3v) is 5.32. The van der Waals surface area contributed by atoms with Crippen molar-refractivity contribution in [3.8, 4) is 22.5 Å². The molecule has 8 heteroatoms. The van der Waals surface area contributed by atoms with E-state index in [0.717, 1.165) is 11.1 Å². The number of pyridine rings is 1. The van der Waals surface area contributed by atoms with Crippen molar-refractivity contribution in [3.05, 3.63) is 83.3 Å². The second-order valence-corrected chi connectivity index (χ2v) is 7.37. The van der Waals surface area contributed by atoms with Gasteiger partial charge in [0.05, 0.1) is 21.6 Å². The van der Waals surface area contributed by atoms with Crippen LogP contribution in [0.25, 0.3) is 44.5 Å². The molecule has 0 bridgehead atoms. The maximum absolute atomic E-state index is 14.4. The van der Waals surface area contributed by atoms with Gasteiger partial charge < -0.3 is 4.98 Å². The number of halogens is 5. The second-order valence-electron chi connectivity index (χ2n) is 6.96. The number of aromatic amines is 1. The molecule has 0 fully saturated rings. The standard InChI is InChI=1S/C23H12ClF4N3/c24-15-7-4-8-16(25)18(15)22-30-19-14-10-9-13(12-5-2-1-3-6-12)11-17(14)29-21(20(19)31-22)23(26,27)28/h1-11H,(H,30,31). The maximum Gasteiger partial charge on any atom is 0.435 e. The van der Waals surface area contributed by atoms with Crippen LogP contribution in [-0.4, -0.2) is 15.0 Å². The Bertz CT molecular complexity index is 1420. The third kappa shape index (κ3) is 3.31. The molecule has 0 unspecified atom stereocenters.